The molecular weight excluding hydrogens is 292 g/mol. The number of fused-ring (bicyclic) bond motifs is 1. The highest BCUT2D eigenvalue weighted by atomic mass is 35.5. The second kappa shape index (κ2) is 5.73. The van der Waals surface area contributed by atoms with E-state index in [1.54, 1.807) is 18.2 Å². The smallest absolute Gasteiger partial charge is 0.420 e. The van der Waals surface area contributed by atoms with Crippen LogP contribution in [0.1, 0.15) is 20.8 Å². The molecule has 2 aromatic rings. The normalized spacial score (nSPS) is 12.7. The number of imidazole rings is 1. The summed E-state index contributed by atoms with van der Waals surface area (Å²) in [5.74, 6) is 0.479. The van der Waals surface area contributed by atoms with E-state index in [1.165, 1.54) is 10.9 Å². The first-order chi connectivity index (χ1) is 9.80. The third-order valence-electron chi connectivity index (χ3n) is 2.53. The van der Waals surface area contributed by atoms with Gasteiger partial charge < -0.3 is 10.5 Å². The van der Waals surface area contributed by atoms with Crippen molar-refractivity contribution >= 4 is 40.3 Å². The first-order valence-electron chi connectivity index (χ1n) is 6.39. The van der Waals surface area contributed by atoms with Crippen LogP contribution in [0.2, 0.25) is 0 Å². The molecule has 7 heteroatoms. The summed E-state index contributed by atoms with van der Waals surface area (Å²) in [4.78, 5) is 20.4. The number of hydrogen-bond acceptors (Lipinski definition) is 4. The molecular formula is C14H17ClN4O2. The van der Waals surface area contributed by atoms with Crippen molar-refractivity contribution in [2.24, 2.45) is 10.7 Å². The molecule has 0 radical (unpaired) electrons. The van der Waals surface area contributed by atoms with Crippen LogP contribution in [0.3, 0.4) is 0 Å². The highest BCUT2D eigenvalue weighted by molar-refractivity contribution is 6.28. The van der Waals surface area contributed by atoms with Gasteiger partial charge in [-0.3, -0.25) is 0 Å². The number of nitrogens with two attached hydrogens (primary N) is 1. The molecule has 21 heavy (non-hydrogen) atoms. The molecule has 0 fully saturated rings. The van der Waals surface area contributed by atoms with Gasteiger partial charge in [0.25, 0.3) is 0 Å². The van der Waals surface area contributed by atoms with Crippen LogP contribution in [0.15, 0.2) is 29.5 Å². The Kier molecular flexibility index (Phi) is 4.18. The van der Waals surface area contributed by atoms with Crippen LogP contribution in [0, 0.1) is 0 Å². The zero-order valence-corrected chi connectivity index (χ0v) is 12.9. The van der Waals surface area contributed by atoms with Crippen LogP contribution in [0.5, 0.6) is 0 Å². The predicted molar refractivity (Wildman–Crippen MR) is 83.4 cm³/mol. The topological polar surface area (TPSA) is 82.5 Å². The zero-order valence-electron chi connectivity index (χ0n) is 12.1. The lowest BCUT2D eigenvalue weighted by Crippen LogP contribution is -2.26. The van der Waals surface area contributed by atoms with Crippen molar-refractivity contribution in [2.45, 2.75) is 26.4 Å². The Morgan fingerprint density at radius 1 is 1.48 bits per heavy atom. The number of carbonyl (C=O) groups excluding carboxylic acids is 1. The number of hydrogen-bond donors (Lipinski definition) is 1. The fourth-order valence-electron chi connectivity index (χ4n) is 1.72. The van der Waals surface area contributed by atoms with Crippen molar-refractivity contribution in [3.63, 3.8) is 0 Å². The van der Waals surface area contributed by atoms with E-state index in [4.69, 9.17) is 22.1 Å². The summed E-state index contributed by atoms with van der Waals surface area (Å²) in [5.41, 5.74) is 6.94. The molecule has 1 aromatic carbocycles. The van der Waals surface area contributed by atoms with Crippen LogP contribution in [-0.2, 0) is 4.74 Å². The maximum atomic E-state index is 12.1. The average Bonchev–Trinajstić information content (AvgIpc) is 2.79. The summed E-state index contributed by atoms with van der Waals surface area (Å²) in [6, 6.07) is 5.21. The Labute approximate surface area is 127 Å². The van der Waals surface area contributed by atoms with E-state index in [0.717, 1.165) is 0 Å². The molecule has 0 saturated heterocycles. The van der Waals surface area contributed by atoms with Crippen molar-refractivity contribution < 1.29 is 9.53 Å². The Morgan fingerprint density at radius 3 is 2.81 bits per heavy atom. The number of rotatable bonds is 2. The summed E-state index contributed by atoms with van der Waals surface area (Å²) in [7, 11) is 0. The quantitative estimate of drug-likeness (QED) is 0.525. The molecule has 0 amide bonds. The van der Waals surface area contributed by atoms with E-state index < -0.39 is 11.7 Å². The van der Waals surface area contributed by atoms with E-state index in [9.17, 15) is 4.79 Å². The molecule has 0 aliphatic carbocycles. The number of benzene rings is 1. The van der Waals surface area contributed by atoms with Gasteiger partial charge in [-0.05, 0) is 39.0 Å². The van der Waals surface area contributed by atoms with Crippen LogP contribution >= 0.6 is 11.6 Å². The summed E-state index contributed by atoms with van der Waals surface area (Å²) >= 11 is 5.59. The molecule has 0 aliphatic heterocycles. The number of ether oxygens (including phenoxy) is 1. The van der Waals surface area contributed by atoms with Crippen molar-refractivity contribution in [3.05, 3.63) is 24.5 Å². The molecule has 112 valence electrons. The standard InChI is InChI=1S/C14H17ClN4O2/c1-14(2,3)21-13(20)19-8-17-10-6-9(4-5-11(10)19)18-12(16)7-15/h4-6,8H,7H2,1-3H3,(H2,16,18). The number of carbonyl (C=O) groups is 1. The van der Waals surface area contributed by atoms with Gasteiger partial charge in [-0.25, -0.2) is 19.3 Å². The van der Waals surface area contributed by atoms with E-state index in [-0.39, 0.29) is 5.88 Å². The maximum absolute atomic E-state index is 12.1. The van der Waals surface area contributed by atoms with Crippen molar-refractivity contribution in [1.82, 2.24) is 9.55 Å². The number of alkyl halides is 1. The minimum atomic E-state index is -0.563. The molecule has 0 spiro atoms. The van der Waals surface area contributed by atoms with Crippen molar-refractivity contribution in [3.8, 4) is 0 Å². The van der Waals surface area contributed by atoms with E-state index in [1.807, 2.05) is 20.8 Å². The zero-order chi connectivity index (χ0) is 15.6. The van der Waals surface area contributed by atoms with Crippen LogP contribution in [0.4, 0.5) is 10.5 Å². The molecule has 0 aliphatic rings. The van der Waals surface area contributed by atoms with Gasteiger partial charge in [0.05, 0.1) is 22.6 Å². The summed E-state index contributed by atoms with van der Waals surface area (Å²) in [5, 5.41) is 0. The Morgan fingerprint density at radius 2 is 2.19 bits per heavy atom. The minimum absolute atomic E-state index is 0.157. The van der Waals surface area contributed by atoms with E-state index in [0.29, 0.717) is 22.6 Å². The SMILES string of the molecule is CC(C)(C)OC(=O)n1cnc2cc(N=C(N)CCl)ccc21. The molecule has 2 rings (SSSR count). The molecule has 1 heterocycles. The molecule has 1 aromatic heterocycles. The fourth-order valence-corrected chi connectivity index (χ4v) is 1.78. The van der Waals surface area contributed by atoms with E-state index in [2.05, 4.69) is 9.98 Å². The number of aliphatic imine (C=N–C) groups is 1. The van der Waals surface area contributed by atoms with Crippen molar-refractivity contribution in [1.29, 1.82) is 0 Å². The summed E-state index contributed by atoms with van der Waals surface area (Å²) in [6.07, 6.45) is 0.957. The lowest BCUT2D eigenvalue weighted by Gasteiger charge is -2.19. The third-order valence-corrected chi connectivity index (χ3v) is 2.80. The van der Waals surface area contributed by atoms with Crippen LogP contribution in [-0.4, -0.2) is 33.0 Å². The number of halogens is 1. The highest BCUT2D eigenvalue weighted by Gasteiger charge is 2.19. The predicted octanol–water partition coefficient (Wildman–Crippen LogP) is 3.05. The van der Waals surface area contributed by atoms with Gasteiger partial charge >= 0.3 is 6.09 Å². The second-order valence-electron chi connectivity index (χ2n) is 5.50. The van der Waals surface area contributed by atoms with E-state index >= 15 is 0 Å². The monoisotopic (exact) mass is 308 g/mol. The largest absolute Gasteiger partial charge is 0.443 e. The Bertz CT molecular complexity index is 701. The summed E-state index contributed by atoms with van der Waals surface area (Å²) < 4.78 is 6.68. The molecule has 2 N–H and O–H groups in total. The minimum Gasteiger partial charge on any atom is -0.443 e. The first kappa shape index (κ1) is 15.3. The lowest BCUT2D eigenvalue weighted by molar-refractivity contribution is 0.0543. The van der Waals surface area contributed by atoms with Gasteiger partial charge in [0.15, 0.2) is 0 Å². The molecule has 0 unspecified atom stereocenters. The average molecular weight is 309 g/mol. The lowest BCUT2D eigenvalue weighted by atomic mass is 10.2. The van der Waals surface area contributed by atoms with Crippen LogP contribution < -0.4 is 5.73 Å². The maximum Gasteiger partial charge on any atom is 0.420 e. The second-order valence-corrected chi connectivity index (χ2v) is 5.77. The van der Waals surface area contributed by atoms with Gasteiger partial charge in [0, 0.05) is 0 Å². The van der Waals surface area contributed by atoms with Crippen LogP contribution in [0.25, 0.3) is 11.0 Å². The number of aromatic nitrogens is 2. The van der Waals surface area contributed by atoms with Gasteiger partial charge in [0.2, 0.25) is 0 Å². The Hall–Kier alpha value is -2.08. The third kappa shape index (κ3) is 3.72. The first-order valence-corrected chi connectivity index (χ1v) is 6.93. The molecule has 0 bridgehead atoms. The molecule has 6 nitrogen and oxygen atoms in total. The molecule has 0 atom stereocenters. The Balaban J connectivity index is 2.35. The van der Waals surface area contributed by atoms with Gasteiger partial charge in [-0.2, -0.15) is 0 Å². The number of nitrogens with zero attached hydrogens (tertiary/aromatic N) is 3. The number of amidine groups is 1. The highest BCUT2D eigenvalue weighted by Crippen LogP contribution is 2.21. The van der Waals surface area contributed by atoms with Gasteiger partial charge in [-0.15, -0.1) is 11.6 Å². The van der Waals surface area contributed by atoms with Crippen molar-refractivity contribution in [2.75, 3.05) is 5.88 Å². The van der Waals surface area contributed by atoms with Gasteiger partial charge in [-0.1, -0.05) is 0 Å². The van der Waals surface area contributed by atoms with Gasteiger partial charge in [0.1, 0.15) is 17.8 Å². The fraction of sp³-hybridized carbons (Fsp3) is 0.357. The summed E-state index contributed by atoms with van der Waals surface area (Å²) in [6.45, 7) is 5.43. The molecule has 0 saturated carbocycles.